The summed E-state index contributed by atoms with van der Waals surface area (Å²) in [6, 6.07) is 10.0. The molecule has 7 heteroatoms. The van der Waals surface area contributed by atoms with Crippen molar-refractivity contribution in [3.8, 4) is 0 Å². The largest absolute Gasteiger partial charge is 0.445 e. The number of amides is 2. The van der Waals surface area contributed by atoms with Crippen LogP contribution < -0.4 is 5.32 Å². The van der Waals surface area contributed by atoms with Crippen LogP contribution >= 0.6 is 0 Å². The Balaban J connectivity index is 1.35. The minimum Gasteiger partial charge on any atom is -0.445 e. The molecule has 5 aliphatic rings. The van der Waals surface area contributed by atoms with Crippen molar-refractivity contribution in [3.63, 3.8) is 0 Å². The average molecular weight is 563 g/mol. The van der Waals surface area contributed by atoms with Gasteiger partial charge in [-0.1, -0.05) is 70.2 Å². The second-order valence-electron chi connectivity index (χ2n) is 14.4. The van der Waals surface area contributed by atoms with Crippen LogP contribution in [0.15, 0.2) is 36.4 Å². The molecule has 1 aromatic rings. The quantitative estimate of drug-likeness (QED) is 0.531. The molecule has 5 fully saturated rings. The van der Waals surface area contributed by atoms with E-state index < -0.39 is 29.1 Å². The van der Waals surface area contributed by atoms with Crippen LogP contribution in [0.4, 0.5) is 4.79 Å². The summed E-state index contributed by atoms with van der Waals surface area (Å²) in [5.41, 5.74) is -0.638. The second kappa shape index (κ2) is 10.3. The normalized spacial score (nSPS) is 45.2. The predicted molar refractivity (Wildman–Crippen MR) is 156 cm³/mol. The van der Waals surface area contributed by atoms with Crippen molar-refractivity contribution in [2.24, 2.45) is 45.8 Å². The van der Waals surface area contributed by atoms with Crippen LogP contribution in [-0.4, -0.2) is 59.6 Å². The van der Waals surface area contributed by atoms with Crippen molar-refractivity contribution in [1.82, 2.24) is 10.2 Å². The first-order chi connectivity index (χ1) is 19.5. The monoisotopic (exact) mass is 562 g/mol. The summed E-state index contributed by atoms with van der Waals surface area (Å²) in [6.45, 7) is 11.1. The third-order valence-electron chi connectivity index (χ3n) is 12.4. The highest BCUT2D eigenvalue weighted by Crippen LogP contribution is 2.68. The van der Waals surface area contributed by atoms with Gasteiger partial charge >= 0.3 is 6.09 Å². The molecule has 41 heavy (non-hydrogen) atoms. The summed E-state index contributed by atoms with van der Waals surface area (Å²) in [5, 5.41) is 14.7. The highest BCUT2D eigenvalue weighted by molar-refractivity contribution is 5.93. The lowest BCUT2D eigenvalue weighted by atomic mass is 9.44. The number of nitrogens with zero attached hydrogens (tertiary/aromatic N) is 1. The van der Waals surface area contributed by atoms with Gasteiger partial charge in [-0.25, -0.2) is 4.79 Å². The zero-order valence-electron chi connectivity index (χ0n) is 25.0. The maximum atomic E-state index is 13.7. The summed E-state index contributed by atoms with van der Waals surface area (Å²) in [4.78, 5) is 42.6. The van der Waals surface area contributed by atoms with Gasteiger partial charge in [0.05, 0.1) is 12.0 Å². The topological polar surface area (TPSA) is 95.9 Å². The number of rotatable bonds is 4. The number of ether oxygens (including phenoxy) is 1. The number of alkyl carbamates (subject to hydrolysis) is 1. The molecule has 0 radical (unpaired) electrons. The van der Waals surface area contributed by atoms with Gasteiger partial charge in [0.25, 0.3) is 0 Å². The Morgan fingerprint density at radius 3 is 2.54 bits per heavy atom. The van der Waals surface area contributed by atoms with Crippen molar-refractivity contribution in [2.45, 2.75) is 78.4 Å². The molecule has 11 atom stereocenters. The smallest absolute Gasteiger partial charge is 0.414 e. The highest BCUT2D eigenvalue weighted by atomic mass is 16.6. The maximum Gasteiger partial charge on any atom is 0.414 e. The van der Waals surface area contributed by atoms with Gasteiger partial charge in [0.15, 0.2) is 0 Å². The minimum atomic E-state index is -0.731. The molecule has 1 aromatic carbocycles. The van der Waals surface area contributed by atoms with Gasteiger partial charge in [0, 0.05) is 36.3 Å². The summed E-state index contributed by atoms with van der Waals surface area (Å²) < 4.78 is 6.30. The lowest BCUT2D eigenvalue weighted by Gasteiger charge is -2.61. The van der Waals surface area contributed by atoms with E-state index in [9.17, 15) is 19.5 Å². The van der Waals surface area contributed by atoms with Crippen LogP contribution in [0.5, 0.6) is 0 Å². The third kappa shape index (κ3) is 4.58. The number of hydrogen-bond acceptors (Lipinski definition) is 6. The molecule has 7 nitrogen and oxygen atoms in total. The third-order valence-corrected chi connectivity index (χ3v) is 12.4. The number of Topliss-reactive ketones (excluding diaryl/α,β-unsaturated/α-hetero) is 1. The van der Waals surface area contributed by atoms with E-state index in [0.29, 0.717) is 25.3 Å². The van der Waals surface area contributed by atoms with Gasteiger partial charge in [-0.2, -0.15) is 0 Å². The number of fused-ring (bicyclic) bond motifs is 2. The molecule has 2 heterocycles. The van der Waals surface area contributed by atoms with E-state index in [-0.39, 0.29) is 40.8 Å². The number of ketones is 1. The Kier molecular flexibility index (Phi) is 7.21. The molecule has 0 spiro atoms. The summed E-state index contributed by atoms with van der Waals surface area (Å²) in [6.07, 6.45) is 6.41. The first-order valence-electron chi connectivity index (χ1n) is 15.7. The predicted octanol–water partition coefficient (Wildman–Crippen LogP) is 5.08. The fraction of sp³-hybridized carbons (Fsp3) is 0.676. The second-order valence-corrected chi connectivity index (χ2v) is 14.4. The summed E-state index contributed by atoms with van der Waals surface area (Å²) >= 11 is 0. The van der Waals surface area contributed by atoms with Gasteiger partial charge < -0.3 is 14.7 Å². The van der Waals surface area contributed by atoms with Crippen molar-refractivity contribution >= 4 is 23.9 Å². The molecule has 2 N–H and O–H groups in total. The van der Waals surface area contributed by atoms with Gasteiger partial charge in [-0.05, 0) is 67.4 Å². The zero-order chi connectivity index (χ0) is 29.2. The summed E-state index contributed by atoms with van der Waals surface area (Å²) in [7, 11) is 0. The van der Waals surface area contributed by atoms with Gasteiger partial charge in [-0.15, -0.1) is 0 Å². The Morgan fingerprint density at radius 1 is 1.10 bits per heavy atom. The van der Waals surface area contributed by atoms with E-state index >= 15 is 0 Å². The van der Waals surface area contributed by atoms with Crippen LogP contribution in [0.2, 0.25) is 0 Å². The molecule has 4 bridgehead atoms. The Hall–Kier alpha value is -2.51. The van der Waals surface area contributed by atoms with Gasteiger partial charge in [0.1, 0.15) is 11.9 Å². The van der Waals surface area contributed by atoms with Crippen LogP contribution in [0.25, 0.3) is 6.08 Å². The molecule has 2 amide bonds. The standard InChI is InChI=1S/C34H46N2O5/c1-21-10-15-34-16-12-26(37)28(34)33(21,4)27(41-31(40)35-30(39)25-20-36-17-13-24(25)19-36)18-32(3,29(38)22(34)2)14-11-23-8-6-5-7-9-23/h5-9,11,14,21-22,24-25,27-29,38H,10,12-13,15-20H2,1-4H3,(H,35,39,40)/t21-,22+,24-,25+,27-,28?,29+,32-,33+,34?/m1/s1. The molecule has 3 saturated carbocycles. The molecule has 3 unspecified atom stereocenters. The average Bonchev–Trinajstić information content (AvgIpc) is 3.68. The number of carbonyl (C=O) groups is 3. The number of aliphatic hydroxyl groups excluding tert-OH is 1. The fourth-order valence-corrected chi connectivity index (χ4v) is 9.75. The van der Waals surface area contributed by atoms with Crippen molar-refractivity contribution < 1.29 is 24.2 Å². The van der Waals surface area contributed by atoms with E-state index in [1.807, 2.05) is 43.3 Å². The number of hydrogen-bond donors (Lipinski definition) is 2. The van der Waals surface area contributed by atoms with Crippen molar-refractivity contribution in [1.29, 1.82) is 0 Å². The van der Waals surface area contributed by atoms with E-state index in [4.69, 9.17) is 4.74 Å². The van der Waals surface area contributed by atoms with Gasteiger partial charge in [0.2, 0.25) is 5.91 Å². The summed E-state index contributed by atoms with van der Waals surface area (Å²) in [5.74, 6) is -0.190. The number of piperidine rings is 1. The van der Waals surface area contributed by atoms with Crippen LogP contribution in [0.3, 0.4) is 0 Å². The number of aliphatic hydroxyl groups is 1. The molecule has 6 rings (SSSR count). The molecule has 2 aliphatic heterocycles. The number of benzene rings is 1. The van der Waals surface area contributed by atoms with Crippen molar-refractivity contribution in [2.75, 3.05) is 19.6 Å². The number of nitrogens with one attached hydrogen (secondary N) is 1. The van der Waals surface area contributed by atoms with E-state index in [0.717, 1.165) is 44.3 Å². The SMILES string of the molecule is C[C@@H]1CCC23CCC(=O)C2[C@]1(C)[C@H](OC(=O)NC(=O)[C@H]1CN2CC[C@@H]1C2)C[C@@](C)(C=Cc1ccccc1)[C@@H](O)[C@@H]3C. The van der Waals surface area contributed by atoms with Crippen LogP contribution in [0.1, 0.15) is 71.8 Å². The maximum absolute atomic E-state index is 13.7. The Labute approximate surface area is 244 Å². The van der Waals surface area contributed by atoms with E-state index in [1.165, 1.54) is 0 Å². The Morgan fingerprint density at radius 2 is 1.85 bits per heavy atom. The molecular formula is C34H46N2O5. The lowest BCUT2D eigenvalue weighted by molar-refractivity contribution is -0.191. The molecule has 2 saturated heterocycles. The molecule has 222 valence electrons. The number of imide groups is 1. The molecule has 3 aliphatic carbocycles. The van der Waals surface area contributed by atoms with E-state index in [2.05, 4.69) is 37.1 Å². The zero-order valence-corrected chi connectivity index (χ0v) is 25.0. The first-order valence-corrected chi connectivity index (χ1v) is 15.7. The minimum absolute atomic E-state index is 0.0969. The van der Waals surface area contributed by atoms with E-state index in [1.54, 1.807) is 0 Å². The molecule has 0 aromatic heterocycles. The Bertz CT molecular complexity index is 1230. The van der Waals surface area contributed by atoms with Crippen LogP contribution in [-0.2, 0) is 14.3 Å². The van der Waals surface area contributed by atoms with Crippen molar-refractivity contribution in [3.05, 3.63) is 42.0 Å². The van der Waals surface area contributed by atoms with Gasteiger partial charge in [-0.3, -0.25) is 14.9 Å². The first kappa shape index (κ1) is 28.6. The fourth-order valence-electron chi connectivity index (χ4n) is 9.75. The van der Waals surface area contributed by atoms with Crippen LogP contribution in [0, 0.1) is 45.8 Å². The highest BCUT2D eigenvalue weighted by Gasteiger charge is 2.68. The number of carbonyl (C=O) groups excluding carboxylic acids is 3. The lowest BCUT2D eigenvalue weighted by Crippen LogP contribution is -2.63. The molecular weight excluding hydrogens is 516 g/mol.